The minimum absolute atomic E-state index is 0.00683. The summed E-state index contributed by atoms with van der Waals surface area (Å²) >= 11 is 6.35. The minimum Gasteiger partial charge on any atom is -0.478 e. The number of carboxylic acid groups (broad SMARTS) is 1. The fourth-order valence-electron chi connectivity index (χ4n) is 1.65. The Hall–Kier alpha value is -1.38. The highest BCUT2D eigenvalue weighted by Crippen LogP contribution is 2.27. The van der Waals surface area contributed by atoms with Gasteiger partial charge in [-0.2, -0.15) is 0 Å². The fraction of sp³-hybridized carbons (Fsp3) is 0. The van der Waals surface area contributed by atoms with Crippen molar-refractivity contribution < 1.29 is 18.3 Å². The lowest BCUT2D eigenvalue weighted by atomic mass is 10.2. The normalized spacial score (nSPS) is 11.1. The molecule has 0 saturated heterocycles. The van der Waals surface area contributed by atoms with Crippen molar-refractivity contribution in [3.05, 3.63) is 57.0 Å². The summed E-state index contributed by atoms with van der Waals surface area (Å²) in [5.41, 5.74) is -0.138. The van der Waals surface area contributed by atoms with Crippen LogP contribution in [0.3, 0.4) is 0 Å². The van der Waals surface area contributed by atoms with Gasteiger partial charge in [0.05, 0.1) is 11.3 Å². The predicted octanol–water partition coefficient (Wildman–Crippen LogP) is 3.71. The van der Waals surface area contributed by atoms with Crippen molar-refractivity contribution >= 4 is 53.5 Å². The maximum Gasteiger partial charge on any atom is 0.337 e. The van der Waals surface area contributed by atoms with Gasteiger partial charge in [0.1, 0.15) is 4.90 Å². The van der Waals surface area contributed by atoms with Crippen LogP contribution in [0.1, 0.15) is 10.4 Å². The second-order valence-corrected chi connectivity index (χ2v) is 7.45. The molecule has 0 bridgehead atoms. The van der Waals surface area contributed by atoms with Gasteiger partial charge in [-0.15, -0.1) is 0 Å². The molecule has 110 valence electrons. The third-order valence-corrected chi connectivity index (χ3v) is 5.45. The maximum absolute atomic E-state index is 12.4. The van der Waals surface area contributed by atoms with E-state index in [1.165, 1.54) is 24.3 Å². The van der Waals surface area contributed by atoms with Gasteiger partial charge in [0.2, 0.25) is 0 Å². The van der Waals surface area contributed by atoms with Gasteiger partial charge in [-0.3, -0.25) is 4.72 Å². The first-order chi connectivity index (χ1) is 9.81. The smallest absolute Gasteiger partial charge is 0.337 e. The van der Waals surface area contributed by atoms with Crippen LogP contribution in [0, 0.1) is 0 Å². The molecular weight excluding hydrogens is 426 g/mol. The number of anilines is 1. The number of nitrogens with one attached hydrogen (secondary N) is 1. The summed E-state index contributed by atoms with van der Waals surface area (Å²) in [6.07, 6.45) is 0. The lowest BCUT2D eigenvalue weighted by Gasteiger charge is -2.12. The molecule has 0 unspecified atom stereocenters. The van der Waals surface area contributed by atoms with E-state index in [-0.39, 0.29) is 16.1 Å². The number of carboxylic acids is 1. The van der Waals surface area contributed by atoms with E-state index in [4.69, 9.17) is 5.11 Å². The molecule has 0 aromatic heterocycles. The Kier molecular flexibility index (Phi) is 4.70. The van der Waals surface area contributed by atoms with E-state index in [9.17, 15) is 13.2 Å². The van der Waals surface area contributed by atoms with Gasteiger partial charge in [0.15, 0.2) is 0 Å². The summed E-state index contributed by atoms with van der Waals surface area (Å²) in [6.45, 7) is 0. The first-order valence-electron chi connectivity index (χ1n) is 5.61. The molecule has 2 N–H and O–H groups in total. The first kappa shape index (κ1) is 16.0. The second kappa shape index (κ2) is 6.17. The van der Waals surface area contributed by atoms with Crippen molar-refractivity contribution in [1.29, 1.82) is 0 Å². The number of carbonyl (C=O) groups is 1. The zero-order valence-electron chi connectivity index (χ0n) is 10.4. The zero-order chi connectivity index (χ0) is 15.6. The van der Waals surface area contributed by atoms with E-state index in [2.05, 4.69) is 36.6 Å². The van der Waals surface area contributed by atoms with Crippen molar-refractivity contribution in [1.82, 2.24) is 0 Å². The van der Waals surface area contributed by atoms with Crippen LogP contribution in [0.25, 0.3) is 0 Å². The molecule has 0 heterocycles. The number of hydrogen-bond acceptors (Lipinski definition) is 3. The fourth-order valence-corrected chi connectivity index (χ4v) is 4.09. The Bertz CT molecular complexity index is 806. The van der Waals surface area contributed by atoms with E-state index < -0.39 is 16.0 Å². The quantitative estimate of drug-likeness (QED) is 0.768. The van der Waals surface area contributed by atoms with Crippen molar-refractivity contribution in [2.75, 3.05) is 4.72 Å². The monoisotopic (exact) mass is 433 g/mol. The van der Waals surface area contributed by atoms with Crippen molar-refractivity contribution in [3.63, 3.8) is 0 Å². The van der Waals surface area contributed by atoms with Crippen LogP contribution in [-0.2, 0) is 10.0 Å². The molecular formula is C13H9Br2NO4S. The number of hydrogen-bond donors (Lipinski definition) is 2. The van der Waals surface area contributed by atoms with Gasteiger partial charge >= 0.3 is 5.97 Å². The lowest BCUT2D eigenvalue weighted by Crippen LogP contribution is -2.16. The van der Waals surface area contributed by atoms with Gasteiger partial charge < -0.3 is 5.11 Å². The Balaban J connectivity index is 2.49. The van der Waals surface area contributed by atoms with Crippen molar-refractivity contribution in [3.8, 4) is 0 Å². The molecule has 2 aromatic carbocycles. The van der Waals surface area contributed by atoms with Crippen LogP contribution in [0.2, 0.25) is 0 Å². The minimum atomic E-state index is -3.90. The molecule has 0 aliphatic heterocycles. The van der Waals surface area contributed by atoms with Crippen LogP contribution in [-0.4, -0.2) is 19.5 Å². The molecule has 0 aliphatic carbocycles. The van der Waals surface area contributed by atoms with Crippen LogP contribution in [0.4, 0.5) is 5.69 Å². The molecule has 2 aromatic rings. The van der Waals surface area contributed by atoms with Crippen LogP contribution in [0.5, 0.6) is 0 Å². The van der Waals surface area contributed by atoms with Gasteiger partial charge in [-0.05, 0) is 46.3 Å². The van der Waals surface area contributed by atoms with Crippen molar-refractivity contribution in [2.45, 2.75) is 4.90 Å². The highest BCUT2D eigenvalue weighted by atomic mass is 79.9. The van der Waals surface area contributed by atoms with E-state index in [1.807, 2.05) is 0 Å². The molecule has 8 heteroatoms. The second-order valence-electron chi connectivity index (χ2n) is 4.03. The van der Waals surface area contributed by atoms with Crippen LogP contribution < -0.4 is 4.72 Å². The zero-order valence-corrected chi connectivity index (χ0v) is 14.4. The largest absolute Gasteiger partial charge is 0.478 e. The van der Waals surface area contributed by atoms with E-state index in [0.29, 0.717) is 8.95 Å². The average Bonchev–Trinajstić information content (AvgIpc) is 2.38. The van der Waals surface area contributed by atoms with Gasteiger partial charge in [-0.25, -0.2) is 13.2 Å². The standard InChI is InChI=1S/C13H9Br2NO4S/c14-8-5-6-9(13(17)18)11(7-8)16-21(19,20)12-4-2-1-3-10(12)15/h1-7,16H,(H,17,18). The average molecular weight is 435 g/mol. The Labute approximate surface area is 138 Å². The van der Waals surface area contributed by atoms with Gasteiger partial charge in [0, 0.05) is 8.95 Å². The summed E-state index contributed by atoms with van der Waals surface area (Å²) in [7, 11) is -3.90. The van der Waals surface area contributed by atoms with Crippen LogP contribution in [0.15, 0.2) is 56.3 Å². The molecule has 21 heavy (non-hydrogen) atoms. The van der Waals surface area contributed by atoms with E-state index in [0.717, 1.165) is 0 Å². The molecule has 5 nitrogen and oxygen atoms in total. The number of halogens is 2. The SMILES string of the molecule is O=C(O)c1ccc(Br)cc1NS(=O)(=O)c1ccccc1Br. The molecule has 0 fully saturated rings. The van der Waals surface area contributed by atoms with E-state index >= 15 is 0 Å². The Morgan fingerprint density at radius 3 is 2.38 bits per heavy atom. The number of benzene rings is 2. The summed E-state index contributed by atoms with van der Waals surface area (Å²) in [5.74, 6) is -1.22. The highest BCUT2D eigenvalue weighted by molar-refractivity contribution is 9.10. The Morgan fingerprint density at radius 1 is 1.10 bits per heavy atom. The van der Waals surface area contributed by atoms with Gasteiger partial charge in [0.25, 0.3) is 10.0 Å². The molecule has 0 amide bonds. The Morgan fingerprint density at radius 2 is 1.76 bits per heavy atom. The van der Waals surface area contributed by atoms with Crippen molar-refractivity contribution in [2.24, 2.45) is 0 Å². The summed E-state index contributed by atoms with van der Waals surface area (Å²) < 4.78 is 28.0. The van der Waals surface area contributed by atoms with Crippen LogP contribution >= 0.6 is 31.9 Å². The molecule has 0 aliphatic rings. The highest BCUT2D eigenvalue weighted by Gasteiger charge is 2.20. The third-order valence-electron chi connectivity index (χ3n) is 2.58. The molecule has 0 spiro atoms. The molecule has 0 radical (unpaired) electrons. The maximum atomic E-state index is 12.4. The molecule has 0 atom stereocenters. The predicted molar refractivity (Wildman–Crippen MR) is 86.1 cm³/mol. The summed E-state index contributed by atoms with van der Waals surface area (Å²) in [4.78, 5) is 11.2. The van der Waals surface area contributed by atoms with Gasteiger partial charge in [-0.1, -0.05) is 28.1 Å². The third kappa shape index (κ3) is 3.63. The number of sulfonamides is 1. The molecule has 2 rings (SSSR count). The first-order valence-corrected chi connectivity index (χ1v) is 8.68. The van der Waals surface area contributed by atoms with E-state index in [1.54, 1.807) is 18.2 Å². The summed E-state index contributed by atoms with van der Waals surface area (Å²) in [6, 6.07) is 10.5. The number of rotatable bonds is 4. The number of aromatic carboxylic acids is 1. The topological polar surface area (TPSA) is 83.5 Å². The lowest BCUT2D eigenvalue weighted by molar-refractivity contribution is 0.0698. The molecule has 0 saturated carbocycles. The summed E-state index contributed by atoms with van der Waals surface area (Å²) in [5, 5.41) is 9.12.